The molecule has 0 aromatic heterocycles. The van der Waals surface area contributed by atoms with Crippen LogP contribution in [0.3, 0.4) is 0 Å². The number of piperidine rings is 1. The molecule has 1 saturated carbocycles. The van der Waals surface area contributed by atoms with Gasteiger partial charge in [-0.3, -0.25) is 9.69 Å². The smallest absolute Gasteiger partial charge is 0.320 e. The average molecular weight is 557 g/mol. The van der Waals surface area contributed by atoms with E-state index in [1.807, 2.05) is 0 Å². The second kappa shape index (κ2) is 12.6. The number of halogens is 3. The third-order valence-corrected chi connectivity index (χ3v) is 9.78. The third-order valence-electron chi connectivity index (χ3n) is 9.78. The first-order valence-electron chi connectivity index (χ1n) is 15.1. The number of aryl methyl sites for hydroxylation is 1. The van der Waals surface area contributed by atoms with Crippen molar-refractivity contribution in [1.29, 1.82) is 0 Å². The summed E-state index contributed by atoms with van der Waals surface area (Å²) in [7, 11) is 0. The van der Waals surface area contributed by atoms with Gasteiger partial charge in [-0.1, -0.05) is 61.2 Å². The van der Waals surface area contributed by atoms with Crippen LogP contribution in [-0.2, 0) is 10.7 Å². The number of carboxylic acids is 1. The Balaban J connectivity index is 1.18. The SMILES string of the molecule is Cc1cccc([C@H]2CN([C@H](CC3CCC3)C(=O)O)C[C@H]2CN2CCC(CCC(F)(F)c3ccc(F)cc3)CC2)c1. The van der Waals surface area contributed by atoms with E-state index in [9.17, 15) is 23.1 Å². The van der Waals surface area contributed by atoms with Crippen LogP contribution in [-0.4, -0.2) is 59.6 Å². The number of likely N-dealkylation sites (tertiary alicyclic amines) is 2. The highest BCUT2D eigenvalue weighted by Gasteiger charge is 2.41. The minimum absolute atomic E-state index is 0.115. The fourth-order valence-electron chi connectivity index (χ4n) is 7.09. The summed E-state index contributed by atoms with van der Waals surface area (Å²) in [4.78, 5) is 17.0. The minimum Gasteiger partial charge on any atom is -0.480 e. The normalized spacial score (nSPS) is 24.2. The van der Waals surface area contributed by atoms with Gasteiger partial charge in [0.05, 0.1) is 0 Å². The van der Waals surface area contributed by atoms with Crippen LogP contribution in [0, 0.1) is 30.5 Å². The van der Waals surface area contributed by atoms with Crippen LogP contribution >= 0.6 is 0 Å². The number of nitrogens with zero attached hydrogens (tertiary/aromatic N) is 2. The van der Waals surface area contributed by atoms with E-state index in [1.54, 1.807) is 0 Å². The number of rotatable bonds is 11. The van der Waals surface area contributed by atoms with Crippen LogP contribution < -0.4 is 0 Å². The first-order valence-corrected chi connectivity index (χ1v) is 15.1. The van der Waals surface area contributed by atoms with E-state index in [0.717, 1.165) is 77.0 Å². The molecular formula is C33H43F3N2O2. The highest BCUT2D eigenvalue weighted by atomic mass is 19.3. The monoisotopic (exact) mass is 556 g/mol. The fraction of sp³-hybridized carbons (Fsp3) is 0.606. The van der Waals surface area contributed by atoms with E-state index in [0.29, 0.717) is 18.3 Å². The largest absolute Gasteiger partial charge is 0.480 e. The summed E-state index contributed by atoms with van der Waals surface area (Å²) in [5.74, 6) is -2.73. The molecule has 0 radical (unpaired) electrons. The lowest BCUT2D eigenvalue weighted by atomic mass is 9.80. The minimum atomic E-state index is -2.95. The van der Waals surface area contributed by atoms with Crippen molar-refractivity contribution in [2.75, 3.05) is 32.7 Å². The highest BCUT2D eigenvalue weighted by Crippen LogP contribution is 2.40. The molecule has 2 aromatic carbocycles. The van der Waals surface area contributed by atoms with Crippen LogP contribution in [0.1, 0.15) is 74.0 Å². The van der Waals surface area contributed by atoms with Crippen molar-refractivity contribution in [3.63, 3.8) is 0 Å². The summed E-state index contributed by atoms with van der Waals surface area (Å²) in [6, 6.07) is 12.8. The van der Waals surface area contributed by atoms with Crippen LogP contribution in [0.4, 0.5) is 13.2 Å². The molecule has 2 aliphatic heterocycles. The zero-order valence-electron chi connectivity index (χ0n) is 23.6. The molecule has 2 aromatic rings. The van der Waals surface area contributed by atoms with Crippen LogP contribution in [0.2, 0.25) is 0 Å². The molecule has 7 heteroatoms. The van der Waals surface area contributed by atoms with E-state index in [-0.39, 0.29) is 23.8 Å². The van der Waals surface area contributed by atoms with Gasteiger partial charge in [-0.2, -0.15) is 0 Å². The van der Waals surface area contributed by atoms with Gasteiger partial charge in [-0.25, -0.2) is 13.2 Å². The van der Waals surface area contributed by atoms with Crippen molar-refractivity contribution >= 4 is 5.97 Å². The first kappa shape index (κ1) is 29.1. The van der Waals surface area contributed by atoms with Gasteiger partial charge < -0.3 is 10.0 Å². The molecule has 4 nitrogen and oxygen atoms in total. The molecule has 0 unspecified atom stereocenters. The predicted octanol–water partition coefficient (Wildman–Crippen LogP) is 7.08. The molecule has 0 bridgehead atoms. The van der Waals surface area contributed by atoms with E-state index < -0.39 is 23.8 Å². The topological polar surface area (TPSA) is 43.8 Å². The van der Waals surface area contributed by atoms with Gasteiger partial charge in [-0.05, 0) is 81.1 Å². The van der Waals surface area contributed by atoms with Crippen molar-refractivity contribution in [2.24, 2.45) is 17.8 Å². The molecular weight excluding hydrogens is 513 g/mol. The summed E-state index contributed by atoms with van der Waals surface area (Å²) in [5, 5.41) is 10.1. The van der Waals surface area contributed by atoms with Gasteiger partial charge in [0.15, 0.2) is 0 Å². The van der Waals surface area contributed by atoms with Gasteiger partial charge in [0.2, 0.25) is 0 Å². The summed E-state index contributed by atoms with van der Waals surface area (Å²) in [6.45, 7) is 6.33. The Morgan fingerprint density at radius 3 is 2.38 bits per heavy atom. The molecule has 1 aliphatic carbocycles. The molecule has 0 amide bonds. The number of benzene rings is 2. The molecule has 5 rings (SSSR count). The van der Waals surface area contributed by atoms with Crippen molar-refractivity contribution in [2.45, 2.75) is 76.2 Å². The maximum absolute atomic E-state index is 14.7. The molecule has 1 N–H and O–H groups in total. The van der Waals surface area contributed by atoms with E-state index in [4.69, 9.17) is 0 Å². The molecule has 3 aliphatic rings. The quantitative estimate of drug-likeness (QED) is 0.321. The van der Waals surface area contributed by atoms with Gasteiger partial charge in [0, 0.05) is 37.5 Å². The van der Waals surface area contributed by atoms with Crippen molar-refractivity contribution in [3.05, 3.63) is 71.0 Å². The third kappa shape index (κ3) is 7.09. The van der Waals surface area contributed by atoms with E-state index in [2.05, 4.69) is 41.0 Å². The molecule has 218 valence electrons. The maximum Gasteiger partial charge on any atom is 0.320 e. The number of hydrogen-bond donors (Lipinski definition) is 1. The molecule has 0 spiro atoms. The lowest BCUT2D eigenvalue weighted by Crippen LogP contribution is -2.43. The average Bonchev–Trinajstić information content (AvgIpc) is 3.31. The zero-order chi connectivity index (χ0) is 28.3. The Morgan fingerprint density at radius 1 is 1.02 bits per heavy atom. The number of alkyl halides is 2. The molecule has 40 heavy (non-hydrogen) atoms. The lowest BCUT2D eigenvalue weighted by Gasteiger charge is -2.35. The molecule has 3 fully saturated rings. The lowest BCUT2D eigenvalue weighted by molar-refractivity contribution is -0.144. The van der Waals surface area contributed by atoms with Crippen molar-refractivity contribution < 1.29 is 23.1 Å². The van der Waals surface area contributed by atoms with E-state index in [1.165, 1.54) is 29.7 Å². The summed E-state index contributed by atoms with van der Waals surface area (Å²) >= 11 is 0. The molecule has 2 saturated heterocycles. The molecule has 3 atom stereocenters. The Labute approximate surface area is 236 Å². The highest BCUT2D eigenvalue weighted by molar-refractivity contribution is 5.73. The van der Waals surface area contributed by atoms with Crippen LogP contribution in [0.15, 0.2) is 48.5 Å². The number of carbonyl (C=O) groups is 1. The second-order valence-electron chi connectivity index (χ2n) is 12.6. The fourth-order valence-corrected chi connectivity index (χ4v) is 7.09. The van der Waals surface area contributed by atoms with Crippen molar-refractivity contribution in [1.82, 2.24) is 9.80 Å². The summed E-state index contributed by atoms with van der Waals surface area (Å²) in [6.07, 6.45) is 6.29. The standard InChI is InChI=1S/C33H43F3N2O2/c1-23-4-2-7-26(18-23)30-22-38(31(32(39)40)19-25-5-3-6-25)21-27(30)20-37-16-13-24(14-17-37)12-15-33(35,36)28-8-10-29(34)11-9-28/h2,4,7-11,18,24-25,27,30-31H,3,5-6,12-17,19-22H2,1H3,(H,39,40)/t27-,30-,31-/m1/s1. The predicted molar refractivity (Wildman–Crippen MR) is 151 cm³/mol. The van der Waals surface area contributed by atoms with Crippen LogP contribution in [0.5, 0.6) is 0 Å². The Bertz CT molecular complexity index is 1130. The zero-order valence-corrected chi connectivity index (χ0v) is 23.6. The van der Waals surface area contributed by atoms with Gasteiger partial charge in [0.1, 0.15) is 11.9 Å². The van der Waals surface area contributed by atoms with Crippen LogP contribution in [0.25, 0.3) is 0 Å². The molecule has 2 heterocycles. The first-order chi connectivity index (χ1) is 19.2. The number of aliphatic carboxylic acids is 1. The Hall–Kier alpha value is -2.38. The van der Waals surface area contributed by atoms with Gasteiger partial charge in [-0.15, -0.1) is 0 Å². The van der Waals surface area contributed by atoms with Gasteiger partial charge >= 0.3 is 5.97 Å². The number of carboxylic acid groups (broad SMARTS) is 1. The Kier molecular flexibility index (Phi) is 9.21. The second-order valence-corrected chi connectivity index (χ2v) is 12.6. The van der Waals surface area contributed by atoms with E-state index >= 15 is 0 Å². The number of hydrogen-bond acceptors (Lipinski definition) is 3. The summed E-state index contributed by atoms with van der Waals surface area (Å²) in [5.41, 5.74) is 2.40. The summed E-state index contributed by atoms with van der Waals surface area (Å²) < 4.78 is 42.6. The Morgan fingerprint density at radius 2 is 1.75 bits per heavy atom. The van der Waals surface area contributed by atoms with Crippen molar-refractivity contribution in [3.8, 4) is 0 Å². The van der Waals surface area contributed by atoms with Gasteiger partial charge in [0.25, 0.3) is 5.92 Å². The maximum atomic E-state index is 14.7.